The van der Waals surface area contributed by atoms with Gasteiger partial charge in [-0.05, 0) is 43.4 Å². The third-order valence-corrected chi connectivity index (χ3v) is 3.69. The molecule has 1 aromatic rings. The average molecular weight is 249 g/mol. The Morgan fingerprint density at radius 3 is 2.72 bits per heavy atom. The van der Waals surface area contributed by atoms with Crippen LogP contribution in [0.3, 0.4) is 0 Å². The van der Waals surface area contributed by atoms with Crippen molar-refractivity contribution in [2.75, 3.05) is 6.54 Å². The third-order valence-electron chi connectivity index (χ3n) is 3.69. The van der Waals surface area contributed by atoms with Gasteiger partial charge in [-0.25, -0.2) is 4.39 Å². The number of piperidine rings is 1. The van der Waals surface area contributed by atoms with Crippen molar-refractivity contribution < 1.29 is 9.18 Å². The second-order valence-electron chi connectivity index (χ2n) is 4.95. The van der Waals surface area contributed by atoms with E-state index in [0.29, 0.717) is 12.5 Å². The lowest BCUT2D eigenvalue weighted by molar-refractivity contribution is -0.134. The molecule has 0 saturated carbocycles. The van der Waals surface area contributed by atoms with Crippen LogP contribution < -0.4 is 0 Å². The lowest BCUT2D eigenvalue weighted by atomic mass is 9.99. The number of likely N-dealkylation sites (tertiary alicyclic amines) is 1. The summed E-state index contributed by atoms with van der Waals surface area (Å²) < 4.78 is 12.8. The topological polar surface area (TPSA) is 20.3 Å². The van der Waals surface area contributed by atoms with E-state index in [2.05, 4.69) is 6.92 Å². The molecule has 0 aromatic heterocycles. The molecule has 1 atom stereocenters. The standard InChI is InChI=1S/C15H20FNO/c1-2-14-5-3-4-10-17(14)15(18)11-12-6-8-13(16)9-7-12/h6-9,14H,2-5,10-11H2,1H3. The third kappa shape index (κ3) is 3.09. The molecule has 0 N–H and O–H groups in total. The fourth-order valence-electron chi connectivity index (χ4n) is 2.63. The molecule has 0 aliphatic carbocycles. The fraction of sp³-hybridized carbons (Fsp3) is 0.533. The van der Waals surface area contributed by atoms with E-state index >= 15 is 0 Å². The number of halogens is 1. The quantitative estimate of drug-likeness (QED) is 0.805. The minimum Gasteiger partial charge on any atom is -0.339 e. The molecule has 1 saturated heterocycles. The summed E-state index contributed by atoms with van der Waals surface area (Å²) in [7, 11) is 0. The summed E-state index contributed by atoms with van der Waals surface area (Å²) in [4.78, 5) is 14.3. The van der Waals surface area contributed by atoms with Gasteiger partial charge in [-0.1, -0.05) is 19.1 Å². The van der Waals surface area contributed by atoms with Crippen LogP contribution in [0.4, 0.5) is 4.39 Å². The van der Waals surface area contributed by atoms with Crippen LogP contribution in [0.15, 0.2) is 24.3 Å². The van der Waals surface area contributed by atoms with Gasteiger partial charge in [-0.3, -0.25) is 4.79 Å². The van der Waals surface area contributed by atoms with E-state index in [-0.39, 0.29) is 11.7 Å². The number of nitrogens with zero attached hydrogens (tertiary/aromatic N) is 1. The van der Waals surface area contributed by atoms with Crippen LogP contribution in [0.1, 0.15) is 38.2 Å². The maximum atomic E-state index is 12.8. The van der Waals surface area contributed by atoms with E-state index in [4.69, 9.17) is 0 Å². The molecule has 1 amide bonds. The summed E-state index contributed by atoms with van der Waals surface area (Å²) >= 11 is 0. The molecule has 0 bridgehead atoms. The molecule has 18 heavy (non-hydrogen) atoms. The lowest BCUT2D eigenvalue weighted by Crippen LogP contribution is -2.44. The predicted molar refractivity (Wildman–Crippen MR) is 69.7 cm³/mol. The zero-order chi connectivity index (χ0) is 13.0. The van der Waals surface area contributed by atoms with Crippen LogP contribution in [-0.4, -0.2) is 23.4 Å². The molecule has 1 aromatic carbocycles. The summed E-state index contributed by atoms with van der Waals surface area (Å²) in [5.74, 6) is -0.0798. The van der Waals surface area contributed by atoms with Crippen LogP contribution >= 0.6 is 0 Å². The summed E-state index contributed by atoms with van der Waals surface area (Å²) in [5.41, 5.74) is 0.891. The largest absolute Gasteiger partial charge is 0.339 e. The van der Waals surface area contributed by atoms with Crippen molar-refractivity contribution in [3.8, 4) is 0 Å². The number of carbonyl (C=O) groups excluding carboxylic acids is 1. The second kappa shape index (κ2) is 5.98. The van der Waals surface area contributed by atoms with Gasteiger partial charge < -0.3 is 4.90 Å². The Morgan fingerprint density at radius 1 is 1.33 bits per heavy atom. The van der Waals surface area contributed by atoms with Crippen molar-refractivity contribution in [1.82, 2.24) is 4.90 Å². The molecule has 1 heterocycles. The molecule has 0 radical (unpaired) electrons. The highest BCUT2D eigenvalue weighted by atomic mass is 19.1. The maximum Gasteiger partial charge on any atom is 0.227 e. The SMILES string of the molecule is CCC1CCCCN1C(=O)Cc1ccc(F)cc1. The van der Waals surface area contributed by atoms with E-state index in [9.17, 15) is 9.18 Å². The van der Waals surface area contributed by atoms with Crippen molar-refractivity contribution in [3.63, 3.8) is 0 Å². The van der Waals surface area contributed by atoms with Crippen LogP contribution in [0.25, 0.3) is 0 Å². The van der Waals surface area contributed by atoms with Gasteiger partial charge in [-0.2, -0.15) is 0 Å². The zero-order valence-electron chi connectivity index (χ0n) is 10.9. The van der Waals surface area contributed by atoms with Crippen molar-refractivity contribution in [2.45, 2.75) is 45.1 Å². The molecule has 1 unspecified atom stereocenters. The highest BCUT2D eigenvalue weighted by molar-refractivity contribution is 5.79. The Labute approximate surface area is 108 Å². The molecule has 2 rings (SSSR count). The molecule has 3 heteroatoms. The van der Waals surface area contributed by atoms with Crippen molar-refractivity contribution >= 4 is 5.91 Å². The first-order valence-electron chi connectivity index (χ1n) is 6.74. The van der Waals surface area contributed by atoms with Gasteiger partial charge in [0.2, 0.25) is 5.91 Å². The van der Waals surface area contributed by atoms with Crippen molar-refractivity contribution in [1.29, 1.82) is 0 Å². The number of carbonyl (C=O) groups is 1. The van der Waals surface area contributed by atoms with Gasteiger partial charge in [0.1, 0.15) is 5.82 Å². The van der Waals surface area contributed by atoms with Gasteiger partial charge in [0.25, 0.3) is 0 Å². The van der Waals surface area contributed by atoms with Gasteiger partial charge in [-0.15, -0.1) is 0 Å². The number of hydrogen-bond acceptors (Lipinski definition) is 1. The zero-order valence-corrected chi connectivity index (χ0v) is 10.9. The molecule has 98 valence electrons. The van der Waals surface area contributed by atoms with Crippen LogP contribution in [0.5, 0.6) is 0 Å². The Bertz CT molecular complexity index is 401. The number of amides is 1. The summed E-state index contributed by atoms with van der Waals surface area (Å²) in [5, 5.41) is 0. The Kier molecular flexibility index (Phi) is 4.34. The number of rotatable bonds is 3. The molecular formula is C15H20FNO. The van der Waals surface area contributed by atoms with E-state index in [1.54, 1.807) is 12.1 Å². The molecule has 1 aliphatic heterocycles. The van der Waals surface area contributed by atoms with Gasteiger partial charge in [0.05, 0.1) is 6.42 Å². The fourth-order valence-corrected chi connectivity index (χ4v) is 2.63. The van der Waals surface area contributed by atoms with Crippen LogP contribution in [0.2, 0.25) is 0 Å². The van der Waals surface area contributed by atoms with Crippen LogP contribution in [-0.2, 0) is 11.2 Å². The second-order valence-corrected chi connectivity index (χ2v) is 4.95. The van der Waals surface area contributed by atoms with Gasteiger partial charge >= 0.3 is 0 Å². The molecule has 1 fully saturated rings. The summed E-state index contributed by atoms with van der Waals surface area (Å²) in [6.45, 7) is 3.01. The highest BCUT2D eigenvalue weighted by Crippen LogP contribution is 2.20. The molecule has 0 spiro atoms. The van der Waals surface area contributed by atoms with E-state index in [0.717, 1.165) is 31.4 Å². The first-order valence-corrected chi connectivity index (χ1v) is 6.74. The minimum atomic E-state index is -0.254. The smallest absolute Gasteiger partial charge is 0.227 e. The Hall–Kier alpha value is -1.38. The normalized spacial score (nSPS) is 19.9. The van der Waals surface area contributed by atoms with Crippen LogP contribution in [0, 0.1) is 5.82 Å². The van der Waals surface area contributed by atoms with Gasteiger partial charge in [0, 0.05) is 12.6 Å². The van der Waals surface area contributed by atoms with Crippen molar-refractivity contribution in [3.05, 3.63) is 35.6 Å². The minimum absolute atomic E-state index is 0.174. The molecule has 1 aliphatic rings. The van der Waals surface area contributed by atoms with E-state index in [1.165, 1.54) is 18.6 Å². The van der Waals surface area contributed by atoms with Gasteiger partial charge in [0.15, 0.2) is 0 Å². The first kappa shape index (κ1) is 13.1. The number of benzene rings is 1. The number of hydrogen-bond donors (Lipinski definition) is 0. The maximum absolute atomic E-state index is 12.8. The predicted octanol–water partition coefficient (Wildman–Crippen LogP) is 3.16. The highest BCUT2D eigenvalue weighted by Gasteiger charge is 2.24. The summed E-state index contributed by atoms with van der Waals surface area (Å²) in [6, 6.07) is 6.61. The molecule has 2 nitrogen and oxygen atoms in total. The van der Waals surface area contributed by atoms with Crippen molar-refractivity contribution in [2.24, 2.45) is 0 Å². The lowest BCUT2D eigenvalue weighted by Gasteiger charge is -2.35. The van der Waals surface area contributed by atoms with E-state index < -0.39 is 0 Å². The summed E-state index contributed by atoms with van der Waals surface area (Å²) in [6.07, 6.45) is 4.85. The average Bonchev–Trinajstić information content (AvgIpc) is 2.41. The van der Waals surface area contributed by atoms with E-state index in [1.807, 2.05) is 4.90 Å². The first-order chi connectivity index (χ1) is 8.70. The monoisotopic (exact) mass is 249 g/mol. The Balaban J connectivity index is 2.00. The molecular weight excluding hydrogens is 229 g/mol. The Morgan fingerprint density at radius 2 is 2.06 bits per heavy atom.